The summed E-state index contributed by atoms with van der Waals surface area (Å²) in [5.41, 5.74) is 2.02. The second-order valence-electron chi connectivity index (χ2n) is 8.45. The highest BCUT2D eigenvalue weighted by molar-refractivity contribution is 5.74. The second-order valence-corrected chi connectivity index (χ2v) is 8.45. The molecule has 1 aliphatic heterocycles. The first-order valence-electron chi connectivity index (χ1n) is 10.00. The van der Waals surface area contributed by atoms with Gasteiger partial charge in [0.1, 0.15) is 5.60 Å². The predicted molar refractivity (Wildman–Crippen MR) is 109 cm³/mol. The van der Waals surface area contributed by atoms with Crippen molar-refractivity contribution in [2.24, 2.45) is 5.92 Å². The van der Waals surface area contributed by atoms with Crippen LogP contribution in [0, 0.1) is 5.92 Å². The van der Waals surface area contributed by atoms with Gasteiger partial charge in [-0.05, 0) is 51.3 Å². The monoisotopic (exact) mass is 365 g/mol. The Morgan fingerprint density at radius 2 is 1.63 bits per heavy atom. The molecule has 3 nitrogen and oxygen atoms in total. The number of nitrogens with zero attached hydrogens (tertiary/aromatic N) is 1. The van der Waals surface area contributed by atoms with Crippen LogP contribution < -0.4 is 0 Å². The number of rotatable bonds is 4. The molecule has 0 aromatic heterocycles. The van der Waals surface area contributed by atoms with Crippen molar-refractivity contribution in [1.29, 1.82) is 0 Å². The average molecular weight is 366 g/mol. The summed E-state index contributed by atoms with van der Waals surface area (Å²) in [7, 11) is 0. The zero-order chi connectivity index (χ0) is 19.3. The fraction of sp³-hybridized carbons (Fsp3) is 0.458. The molecule has 0 saturated carbocycles. The van der Waals surface area contributed by atoms with Gasteiger partial charge in [0.25, 0.3) is 0 Å². The molecule has 3 rings (SSSR count). The van der Waals surface area contributed by atoms with Crippen molar-refractivity contribution >= 4 is 5.97 Å². The maximum Gasteiger partial charge on any atom is 0.311 e. The lowest BCUT2D eigenvalue weighted by atomic mass is 9.88. The van der Waals surface area contributed by atoms with Crippen LogP contribution in [0.4, 0.5) is 0 Å². The van der Waals surface area contributed by atoms with E-state index in [1.54, 1.807) is 0 Å². The van der Waals surface area contributed by atoms with E-state index in [-0.39, 0.29) is 17.9 Å². The van der Waals surface area contributed by atoms with Gasteiger partial charge in [-0.1, -0.05) is 67.1 Å². The highest BCUT2D eigenvalue weighted by Gasteiger charge is 2.37. The van der Waals surface area contributed by atoms with Crippen molar-refractivity contribution in [2.75, 3.05) is 6.54 Å². The Labute approximate surface area is 163 Å². The number of esters is 1. The molecule has 0 spiro atoms. The highest BCUT2D eigenvalue weighted by atomic mass is 16.6. The van der Waals surface area contributed by atoms with E-state index in [1.807, 2.05) is 32.9 Å². The third-order valence-corrected chi connectivity index (χ3v) is 5.06. The standard InChI is InChI=1S/C24H31NO2/c1-24(2,3)27-23(26)21-16-10-11-17-25(18-19-12-6-4-7-13-19)22(21)20-14-8-5-9-15-20/h4-9,12-15,21-22H,10-11,16-18H2,1-3H3/t21-,22-/m1/s1. The first-order valence-corrected chi connectivity index (χ1v) is 10.00. The first-order chi connectivity index (χ1) is 12.9. The molecule has 1 saturated heterocycles. The van der Waals surface area contributed by atoms with Gasteiger partial charge in [-0.3, -0.25) is 9.69 Å². The van der Waals surface area contributed by atoms with Crippen molar-refractivity contribution in [3.8, 4) is 0 Å². The van der Waals surface area contributed by atoms with Crippen LogP contribution in [0.25, 0.3) is 0 Å². The average Bonchev–Trinajstić information content (AvgIpc) is 2.84. The van der Waals surface area contributed by atoms with Crippen LogP contribution in [0.1, 0.15) is 57.2 Å². The minimum atomic E-state index is -0.463. The third-order valence-electron chi connectivity index (χ3n) is 5.06. The molecule has 1 aliphatic rings. The fourth-order valence-corrected chi connectivity index (χ4v) is 3.94. The lowest BCUT2D eigenvalue weighted by Gasteiger charge is -2.35. The van der Waals surface area contributed by atoms with Gasteiger partial charge < -0.3 is 4.74 Å². The van der Waals surface area contributed by atoms with Crippen LogP contribution in [0.2, 0.25) is 0 Å². The summed E-state index contributed by atoms with van der Waals surface area (Å²) in [6.07, 6.45) is 3.04. The third kappa shape index (κ3) is 5.43. The molecule has 0 radical (unpaired) electrons. The van der Waals surface area contributed by atoms with Crippen LogP contribution in [0.3, 0.4) is 0 Å². The SMILES string of the molecule is CC(C)(C)OC(=O)[C@@H]1CCCCN(Cc2ccccc2)[C@@H]1c1ccccc1. The molecular weight excluding hydrogens is 334 g/mol. The van der Waals surface area contributed by atoms with E-state index in [9.17, 15) is 4.79 Å². The van der Waals surface area contributed by atoms with Crippen LogP contribution in [0.15, 0.2) is 60.7 Å². The van der Waals surface area contributed by atoms with Gasteiger partial charge in [0, 0.05) is 12.6 Å². The van der Waals surface area contributed by atoms with Gasteiger partial charge in [0.05, 0.1) is 5.92 Å². The molecule has 0 bridgehead atoms. The van der Waals surface area contributed by atoms with Crippen molar-refractivity contribution in [2.45, 2.75) is 58.2 Å². The second kappa shape index (κ2) is 8.71. The van der Waals surface area contributed by atoms with Crippen molar-refractivity contribution < 1.29 is 9.53 Å². The molecule has 0 amide bonds. The summed E-state index contributed by atoms with van der Waals surface area (Å²) < 4.78 is 5.82. The van der Waals surface area contributed by atoms with E-state index in [1.165, 1.54) is 11.1 Å². The smallest absolute Gasteiger partial charge is 0.311 e. The van der Waals surface area contributed by atoms with E-state index >= 15 is 0 Å². The van der Waals surface area contributed by atoms with E-state index in [2.05, 4.69) is 53.4 Å². The van der Waals surface area contributed by atoms with Gasteiger partial charge >= 0.3 is 5.97 Å². The Kier molecular flexibility index (Phi) is 6.33. The molecule has 144 valence electrons. The minimum absolute atomic E-state index is 0.0451. The van der Waals surface area contributed by atoms with E-state index in [0.717, 1.165) is 32.4 Å². The quantitative estimate of drug-likeness (QED) is 0.682. The molecule has 2 aromatic rings. The summed E-state index contributed by atoms with van der Waals surface area (Å²) in [6, 6.07) is 21.0. The van der Waals surface area contributed by atoms with Crippen molar-refractivity contribution in [1.82, 2.24) is 4.90 Å². The van der Waals surface area contributed by atoms with E-state index in [0.29, 0.717) is 0 Å². The molecule has 27 heavy (non-hydrogen) atoms. The number of carbonyl (C=O) groups is 1. The van der Waals surface area contributed by atoms with E-state index < -0.39 is 5.60 Å². The van der Waals surface area contributed by atoms with Gasteiger partial charge in [-0.2, -0.15) is 0 Å². The molecule has 0 aliphatic carbocycles. The summed E-state index contributed by atoms with van der Waals surface area (Å²) in [5, 5.41) is 0. The Morgan fingerprint density at radius 3 is 2.26 bits per heavy atom. The molecule has 2 atom stereocenters. The summed E-state index contributed by atoms with van der Waals surface area (Å²) >= 11 is 0. The Hall–Kier alpha value is -2.13. The number of benzene rings is 2. The zero-order valence-corrected chi connectivity index (χ0v) is 16.7. The lowest BCUT2D eigenvalue weighted by Crippen LogP contribution is -2.38. The van der Waals surface area contributed by atoms with Crippen molar-refractivity contribution in [3.05, 3.63) is 71.8 Å². The predicted octanol–water partition coefficient (Wildman–Crippen LogP) is 5.37. The molecular formula is C24H31NO2. The topological polar surface area (TPSA) is 29.5 Å². The molecule has 1 heterocycles. The molecule has 0 N–H and O–H groups in total. The summed E-state index contributed by atoms with van der Waals surface area (Å²) in [5.74, 6) is -0.214. The van der Waals surface area contributed by atoms with Crippen LogP contribution in [-0.4, -0.2) is 23.0 Å². The zero-order valence-electron chi connectivity index (χ0n) is 16.7. The lowest BCUT2D eigenvalue weighted by molar-refractivity contribution is -0.163. The van der Waals surface area contributed by atoms with Crippen LogP contribution in [-0.2, 0) is 16.1 Å². The summed E-state index contributed by atoms with van der Waals surface area (Å²) in [4.78, 5) is 15.6. The Balaban J connectivity index is 1.93. The van der Waals surface area contributed by atoms with Crippen LogP contribution >= 0.6 is 0 Å². The largest absolute Gasteiger partial charge is 0.460 e. The minimum Gasteiger partial charge on any atom is -0.460 e. The first kappa shape index (κ1) is 19.6. The number of ether oxygens (including phenoxy) is 1. The molecule has 1 fully saturated rings. The number of hydrogen-bond donors (Lipinski definition) is 0. The molecule has 2 aromatic carbocycles. The summed E-state index contributed by atoms with van der Waals surface area (Å²) in [6.45, 7) is 7.68. The van der Waals surface area contributed by atoms with Gasteiger partial charge in [0.2, 0.25) is 0 Å². The normalized spacial score (nSPS) is 21.4. The van der Waals surface area contributed by atoms with Gasteiger partial charge in [-0.15, -0.1) is 0 Å². The number of hydrogen-bond acceptors (Lipinski definition) is 3. The maximum atomic E-state index is 13.1. The fourth-order valence-electron chi connectivity index (χ4n) is 3.94. The van der Waals surface area contributed by atoms with Crippen molar-refractivity contribution in [3.63, 3.8) is 0 Å². The molecule has 0 unspecified atom stereocenters. The number of likely N-dealkylation sites (tertiary alicyclic amines) is 1. The Morgan fingerprint density at radius 1 is 1.00 bits per heavy atom. The maximum absolute atomic E-state index is 13.1. The highest BCUT2D eigenvalue weighted by Crippen LogP contribution is 2.37. The Bertz CT molecular complexity index is 721. The van der Waals surface area contributed by atoms with E-state index in [4.69, 9.17) is 4.74 Å². The van der Waals surface area contributed by atoms with Gasteiger partial charge in [-0.25, -0.2) is 0 Å². The molecule has 3 heteroatoms. The van der Waals surface area contributed by atoms with Crippen LogP contribution in [0.5, 0.6) is 0 Å². The van der Waals surface area contributed by atoms with Gasteiger partial charge in [0.15, 0.2) is 0 Å². The number of carbonyl (C=O) groups excluding carboxylic acids is 1.